The second-order valence-corrected chi connectivity index (χ2v) is 6.55. The molecule has 2 atom stereocenters. The van der Waals surface area contributed by atoms with Gasteiger partial charge in [0.2, 0.25) is 10.0 Å². The van der Waals surface area contributed by atoms with Gasteiger partial charge < -0.3 is 20.1 Å². The van der Waals surface area contributed by atoms with Gasteiger partial charge in [-0.3, -0.25) is 0 Å². The maximum absolute atomic E-state index is 12.3. The first-order chi connectivity index (χ1) is 9.80. The van der Waals surface area contributed by atoms with E-state index in [1.165, 1.54) is 24.3 Å². The molecule has 1 fully saturated rings. The van der Waals surface area contributed by atoms with Gasteiger partial charge in [0.15, 0.2) is 6.61 Å². The number of rotatable bonds is 5. The Kier molecular flexibility index (Phi) is 4.47. The molecule has 1 aromatic carbocycles. The summed E-state index contributed by atoms with van der Waals surface area (Å²) < 4.78 is 30.4. The highest BCUT2D eigenvalue weighted by atomic mass is 32.2. The molecule has 116 valence electrons. The van der Waals surface area contributed by atoms with Gasteiger partial charge in [-0.2, -0.15) is 4.31 Å². The molecule has 1 saturated heterocycles. The van der Waals surface area contributed by atoms with Crippen LogP contribution in [0.1, 0.15) is 0 Å². The molecule has 1 aliphatic rings. The van der Waals surface area contributed by atoms with Gasteiger partial charge in [0, 0.05) is 13.1 Å². The number of sulfonamides is 1. The molecule has 1 aliphatic heterocycles. The van der Waals surface area contributed by atoms with Crippen molar-refractivity contribution in [2.45, 2.75) is 17.1 Å². The lowest BCUT2D eigenvalue weighted by molar-refractivity contribution is -0.139. The van der Waals surface area contributed by atoms with Crippen molar-refractivity contribution in [2.75, 3.05) is 19.7 Å². The normalized spacial score (nSPS) is 23.1. The molecule has 0 aliphatic carbocycles. The van der Waals surface area contributed by atoms with E-state index in [1.54, 1.807) is 0 Å². The van der Waals surface area contributed by atoms with E-state index in [0.29, 0.717) is 0 Å². The number of carboxylic acid groups (broad SMARTS) is 1. The third-order valence-corrected chi connectivity index (χ3v) is 4.90. The van der Waals surface area contributed by atoms with Crippen LogP contribution in [0.2, 0.25) is 0 Å². The van der Waals surface area contributed by atoms with Crippen LogP contribution in [0.5, 0.6) is 5.75 Å². The molecule has 0 aromatic heterocycles. The number of aliphatic hydroxyl groups excluding tert-OH is 2. The summed E-state index contributed by atoms with van der Waals surface area (Å²) in [5, 5.41) is 27.3. The van der Waals surface area contributed by atoms with Crippen molar-refractivity contribution >= 4 is 16.0 Å². The Morgan fingerprint density at radius 2 is 1.71 bits per heavy atom. The Balaban J connectivity index is 2.12. The number of benzene rings is 1. The van der Waals surface area contributed by atoms with Gasteiger partial charge in [-0.15, -0.1) is 0 Å². The van der Waals surface area contributed by atoms with E-state index in [2.05, 4.69) is 0 Å². The van der Waals surface area contributed by atoms with E-state index in [9.17, 15) is 23.4 Å². The number of β-amino-alcohol motifs (C(OH)–C–C–N with tert-alkyl or cyclic N) is 2. The quantitative estimate of drug-likeness (QED) is 0.628. The molecule has 1 aromatic rings. The van der Waals surface area contributed by atoms with Gasteiger partial charge in [0.05, 0.1) is 17.1 Å². The Bertz CT molecular complexity index is 603. The molecule has 3 N–H and O–H groups in total. The minimum Gasteiger partial charge on any atom is -0.482 e. The highest BCUT2D eigenvalue weighted by Crippen LogP contribution is 2.23. The highest BCUT2D eigenvalue weighted by molar-refractivity contribution is 7.89. The second kappa shape index (κ2) is 5.98. The van der Waals surface area contributed by atoms with Gasteiger partial charge in [-0.25, -0.2) is 13.2 Å². The van der Waals surface area contributed by atoms with Crippen molar-refractivity contribution in [3.8, 4) is 5.75 Å². The Labute approximate surface area is 121 Å². The molecule has 0 bridgehead atoms. The minimum atomic E-state index is -3.81. The number of nitrogens with zero attached hydrogens (tertiary/aromatic N) is 1. The van der Waals surface area contributed by atoms with E-state index < -0.39 is 34.8 Å². The average molecular weight is 317 g/mol. The molecular weight excluding hydrogens is 302 g/mol. The lowest BCUT2D eigenvalue weighted by atomic mass is 10.3. The van der Waals surface area contributed by atoms with Crippen molar-refractivity contribution in [1.29, 1.82) is 0 Å². The smallest absolute Gasteiger partial charge is 0.341 e. The van der Waals surface area contributed by atoms with Crippen molar-refractivity contribution < 1.29 is 33.3 Å². The lowest BCUT2D eigenvalue weighted by Crippen LogP contribution is -2.29. The second-order valence-electron chi connectivity index (χ2n) is 4.61. The van der Waals surface area contributed by atoms with Crippen LogP contribution in [0.3, 0.4) is 0 Å². The molecule has 2 rings (SSSR count). The van der Waals surface area contributed by atoms with Crippen LogP contribution in [0, 0.1) is 0 Å². The van der Waals surface area contributed by atoms with Crippen LogP contribution in [-0.2, 0) is 14.8 Å². The molecule has 8 nitrogen and oxygen atoms in total. The summed E-state index contributed by atoms with van der Waals surface area (Å²) in [6.45, 7) is -0.849. The Morgan fingerprint density at radius 1 is 1.19 bits per heavy atom. The summed E-state index contributed by atoms with van der Waals surface area (Å²) in [5.41, 5.74) is 0. The third kappa shape index (κ3) is 3.50. The molecule has 21 heavy (non-hydrogen) atoms. The molecule has 2 unspecified atom stereocenters. The van der Waals surface area contributed by atoms with E-state index >= 15 is 0 Å². The minimum absolute atomic E-state index is 0.0218. The highest BCUT2D eigenvalue weighted by Gasteiger charge is 2.37. The fraction of sp³-hybridized carbons (Fsp3) is 0.417. The third-order valence-electron chi connectivity index (χ3n) is 3.05. The van der Waals surface area contributed by atoms with Crippen LogP contribution in [0.25, 0.3) is 0 Å². The van der Waals surface area contributed by atoms with Crippen molar-refractivity contribution in [2.24, 2.45) is 0 Å². The summed E-state index contributed by atoms with van der Waals surface area (Å²) in [5.74, 6) is -0.899. The fourth-order valence-electron chi connectivity index (χ4n) is 1.93. The number of aliphatic hydroxyl groups is 2. The van der Waals surface area contributed by atoms with Crippen LogP contribution in [0.4, 0.5) is 0 Å². The number of hydrogen-bond acceptors (Lipinski definition) is 6. The molecule has 0 spiro atoms. The molecule has 0 radical (unpaired) electrons. The topological polar surface area (TPSA) is 124 Å². The van der Waals surface area contributed by atoms with E-state index in [0.717, 1.165) is 4.31 Å². The standard InChI is InChI=1S/C12H15NO7S/c14-10-5-13(6-11(10)15)21(18,19)9-3-1-8(2-4-9)20-7-12(16)17/h1-4,10-11,14-15H,5-7H2,(H,16,17). The van der Waals surface area contributed by atoms with E-state index in [1.807, 2.05) is 0 Å². The molecule has 1 heterocycles. The van der Waals surface area contributed by atoms with Gasteiger partial charge in [0.25, 0.3) is 0 Å². The van der Waals surface area contributed by atoms with Gasteiger partial charge in [-0.1, -0.05) is 0 Å². The molecule has 9 heteroatoms. The summed E-state index contributed by atoms with van der Waals surface area (Å²) in [4.78, 5) is 10.3. The van der Waals surface area contributed by atoms with Crippen molar-refractivity contribution in [3.63, 3.8) is 0 Å². The molecular formula is C12H15NO7S. The van der Waals surface area contributed by atoms with Gasteiger partial charge in [0.1, 0.15) is 5.75 Å². The fourth-order valence-corrected chi connectivity index (χ4v) is 3.41. The first kappa shape index (κ1) is 15.7. The predicted molar refractivity (Wildman–Crippen MR) is 70.3 cm³/mol. The maximum atomic E-state index is 12.3. The number of ether oxygens (including phenoxy) is 1. The molecule has 0 saturated carbocycles. The Morgan fingerprint density at radius 3 is 2.19 bits per heavy atom. The predicted octanol–water partition coefficient (Wildman–Crippen LogP) is -1.12. The van der Waals surface area contributed by atoms with Crippen LogP contribution < -0.4 is 4.74 Å². The number of aliphatic carboxylic acids is 1. The van der Waals surface area contributed by atoms with E-state index in [-0.39, 0.29) is 23.7 Å². The summed E-state index contributed by atoms with van der Waals surface area (Å²) in [6.07, 6.45) is -2.20. The van der Waals surface area contributed by atoms with Crippen molar-refractivity contribution in [1.82, 2.24) is 4.31 Å². The maximum Gasteiger partial charge on any atom is 0.341 e. The number of carboxylic acids is 1. The monoisotopic (exact) mass is 317 g/mol. The Hall–Kier alpha value is -1.68. The zero-order valence-electron chi connectivity index (χ0n) is 10.9. The van der Waals surface area contributed by atoms with Gasteiger partial charge >= 0.3 is 5.97 Å². The molecule has 0 amide bonds. The van der Waals surface area contributed by atoms with E-state index in [4.69, 9.17) is 9.84 Å². The largest absolute Gasteiger partial charge is 0.482 e. The summed E-state index contributed by atoms with van der Waals surface area (Å²) >= 11 is 0. The van der Waals surface area contributed by atoms with Gasteiger partial charge in [-0.05, 0) is 24.3 Å². The van der Waals surface area contributed by atoms with Crippen molar-refractivity contribution in [3.05, 3.63) is 24.3 Å². The van der Waals surface area contributed by atoms with Crippen LogP contribution >= 0.6 is 0 Å². The zero-order valence-corrected chi connectivity index (χ0v) is 11.7. The SMILES string of the molecule is O=C(O)COc1ccc(S(=O)(=O)N2CC(O)C(O)C2)cc1. The average Bonchev–Trinajstić information content (AvgIpc) is 2.77. The first-order valence-corrected chi connectivity index (χ1v) is 7.55. The summed E-state index contributed by atoms with van der Waals surface area (Å²) in [6, 6.07) is 5.25. The zero-order chi connectivity index (χ0) is 15.6. The number of carbonyl (C=O) groups is 1. The number of hydrogen-bond donors (Lipinski definition) is 3. The van der Waals surface area contributed by atoms with Crippen LogP contribution in [0.15, 0.2) is 29.2 Å². The van der Waals surface area contributed by atoms with Crippen LogP contribution in [-0.4, -0.2) is 65.9 Å². The summed E-state index contributed by atoms with van der Waals surface area (Å²) in [7, 11) is -3.81. The lowest BCUT2D eigenvalue weighted by Gasteiger charge is -2.15. The first-order valence-electron chi connectivity index (χ1n) is 6.11.